The Morgan fingerprint density at radius 2 is 2.12 bits per heavy atom. The maximum Gasteiger partial charge on any atom is 0.488 e. The van der Waals surface area contributed by atoms with Gasteiger partial charge in [-0.15, -0.1) is 0 Å². The Hall–Kier alpha value is -1.66. The van der Waals surface area contributed by atoms with Crippen LogP contribution in [0.3, 0.4) is 0 Å². The lowest BCUT2D eigenvalue weighted by atomic mass is 9.77. The highest BCUT2D eigenvalue weighted by Gasteiger charge is 2.17. The Balaban J connectivity index is 2.32. The van der Waals surface area contributed by atoms with Crippen LogP contribution >= 0.6 is 0 Å². The van der Waals surface area contributed by atoms with Crippen LogP contribution in [0.15, 0.2) is 30.5 Å². The standard InChI is InChI=1S/C11H12BFN2O2/c1-8-4-5-15(14-8)7-9-2-3-10(13)6-11(9)12(16)17/h2-6,16-17H,7H2,1H3. The van der Waals surface area contributed by atoms with E-state index in [0.717, 1.165) is 11.8 Å². The lowest BCUT2D eigenvalue weighted by Crippen LogP contribution is -2.34. The van der Waals surface area contributed by atoms with E-state index in [-0.39, 0.29) is 5.46 Å². The van der Waals surface area contributed by atoms with Gasteiger partial charge >= 0.3 is 7.12 Å². The summed E-state index contributed by atoms with van der Waals surface area (Å²) >= 11 is 0. The van der Waals surface area contributed by atoms with Gasteiger partial charge in [-0.2, -0.15) is 5.10 Å². The number of nitrogens with zero attached hydrogens (tertiary/aromatic N) is 2. The number of hydrogen-bond acceptors (Lipinski definition) is 3. The van der Waals surface area contributed by atoms with Gasteiger partial charge in [0.2, 0.25) is 0 Å². The van der Waals surface area contributed by atoms with E-state index >= 15 is 0 Å². The van der Waals surface area contributed by atoms with E-state index in [1.165, 1.54) is 12.1 Å². The first-order valence-electron chi connectivity index (χ1n) is 5.21. The molecule has 88 valence electrons. The molecule has 2 rings (SSSR count). The minimum absolute atomic E-state index is 0.165. The lowest BCUT2D eigenvalue weighted by Gasteiger charge is -2.09. The van der Waals surface area contributed by atoms with E-state index < -0.39 is 12.9 Å². The predicted octanol–water partition coefficient (Wildman–Crippen LogP) is 0.0587. The number of hydrogen-bond donors (Lipinski definition) is 2. The van der Waals surface area contributed by atoms with Gasteiger partial charge in [0.25, 0.3) is 0 Å². The molecule has 1 heterocycles. The van der Waals surface area contributed by atoms with Crippen molar-refractivity contribution in [1.82, 2.24) is 9.78 Å². The molecule has 0 aliphatic heterocycles. The summed E-state index contributed by atoms with van der Waals surface area (Å²) in [6, 6.07) is 5.79. The molecule has 0 aliphatic carbocycles. The van der Waals surface area contributed by atoms with Crippen molar-refractivity contribution in [2.75, 3.05) is 0 Å². The summed E-state index contributed by atoms with van der Waals surface area (Å²) in [6.07, 6.45) is 1.78. The van der Waals surface area contributed by atoms with Crippen molar-refractivity contribution in [3.8, 4) is 0 Å². The van der Waals surface area contributed by atoms with E-state index in [1.54, 1.807) is 10.9 Å². The second-order valence-corrected chi connectivity index (χ2v) is 3.87. The second kappa shape index (κ2) is 4.69. The molecule has 0 spiro atoms. The average molecular weight is 234 g/mol. The molecule has 0 radical (unpaired) electrons. The van der Waals surface area contributed by atoms with Crippen LogP contribution in [0.25, 0.3) is 0 Å². The summed E-state index contributed by atoms with van der Waals surface area (Å²) in [5.41, 5.74) is 1.67. The van der Waals surface area contributed by atoms with Gasteiger partial charge in [0.1, 0.15) is 5.82 Å². The zero-order valence-corrected chi connectivity index (χ0v) is 9.34. The topological polar surface area (TPSA) is 58.3 Å². The molecular formula is C11H12BFN2O2. The van der Waals surface area contributed by atoms with Crippen LogP contribution in [-0.4, -0.2) is 26.9 Å². The molecule has 17 heavy (non-hydrogen) atoms. The molecule has 0 saturated heterocycles. The van der Waals surface area contributed by atoms with Gasteiger partial charge in [-0.25, -0.2) is 4.39 Å². The molecule has 0 atom stereocenters. The summed E-state index contributed by atoms with van der Waals surface area (Å²) in [6.45, 7) is 2.24. The fraction of sp³-hybridized carbons (Fsp3) is 0.182. The van der Waals surface area contributed by atoms with Gasteiger partial charge < -0.3 is 10.0 Å². The zero-order chi connectivity index (χ0) is 12.4. The van der Waals surface area contributed by atoms with E-state index in [4.69, 9.17) is 0 Å². The normalized spacial score (nSPS) is 10.6. The SMILES string of the molecule is Cc1ccn(Cc2ccc(F)cc2B(O)O)n1. The van der Waals surface area contributed by atoms with E-state index in [9.17, 15) is 14.4 Å². The van der Waals surface area contributed by atoms with Gasteiger partial charge in [-0.1, -0.05) is 6.07 Å². The van der Waals surface area contributed by atoms with Gasteiger partial charge in [0, 0.05) is 6.20 Å². The van der Waals surface area contributed by atoms with Crippen molar-refractivity contribution in [2.24, 2.45) is 0 Å². The monoisotopic (exact) mass is 234 g/mol. The summed E-state index contributed by atoms with van der Waals surface area (Å²) in [5, 5.41) is 22.5. The van der Waals surface area contributed by atoms with Crippen LogP contribution < -0.4 is 5.46 Å². The fourth-order valence-corrected chi connectivity index (χ4v) is 1.68. The van der Waals surface area contributed by atoms with Crippen LogP contribution in [0.1, 0.15) is 11.3 Å². The summed E-state index contributed by atoms with van der Waals surface area (Å²) in [7, 11) is -1.68. The Morgan fingerprint density at radius 1 is 1.35 bits per heavy atom. The minimum atomic E-state index is -1.68. The molecule has 0 bridgehead atoms. The molecule has 1 aromatic heterocycles. The molecule has 0 saturated carbocycles. The van der Waals surface area contributed by atoms with Crippen LogP contribution in [0.2, 0.25) is 0 Å². The third-order valence-electron chi connectivity index (χ3n) is 2.49. The average Bonchev–Trinajstić information content (AvgIpc) is 2.66. The molecule has 0 aliphatic rings. The van der Waals surface area contributed by atoms with E-state index in [0.29, 0.717) is 12.1 Å². The molecule has 1 aromatic carbocycles. The quantitative estimate of drug-likeness (QED) is 0.738. The molecule has 6 heteroatoms. The largest absolute Gasteiger partial charge is 0.488 e. The minimum Gasteiger partial charge on any atom is -0.423 e. The Bertz CT molecular complexity index is 528. The number of halogens is 1. The predicted molar refractivity (Wildman–Crippen MR) is 62.3 cm³/mol. The molecule has 0 fully saturated rings. The molecule has 0 unspecified atom stereocenters. The number of aryl methyl sites for hydroxylation is 1. The van der Waals surface area contributed by atoms with E-state index in [1.807, 2.05) is 13.0 Å². The van der Waals surface area contributed by atoms with Gasteiger partial charge in [-0.3, -0.25) is 4.68 Å². The Morgan fingerprint density at radius 3 is 2.71 bits per heavy atom. The molecular weight excluding hydrogens is 222 g/mol. The summed E-state index contributed by atoms with van der Waals surface area (Å²) in [4.78, 5) is 0. The maximum absolute atomic E-state index is 13.0. The number of rotatable bonds is 3. The third kappa shape index (κ3) is 2.72. The Labute approximate surface area is 98.5 Å². The summed E-state index contributed by atoms with van der Waals surface area (Å²) < 4.78 is 14.7. The maximum atomic E-state index is 13.0. The van der Waals surface area contributed by atoms with Crippen LogP contribution in [-0.2, 0) is 6.54 Å². The van der Waals surface area contributed by atoms with Crippen LogP contribution in [0, 0.1) is 12.7 Å². The molecule has 4 nitrogen and oxygen atoms in total. The number of benzene rings is 1. The van der Waals surface area contributed by atoms with Gasteiger partial charge in [0.15, 0.2) is 0 Å². The van der Waals surface area contributed by atoms with Crippen molar-refractivity contribution in [3.63, 3.8) is 0 Å². The molecule has 2 aromatic rings. The zero-order valence-electron chi connectivity index (χ0n) is 9.34. The molecule has 0 amide bonds. The molecule has 2 N–H and O–H groups in total. The van der Waals surface area contributed by atoms with E-state index in [2.05, 4.69) is 5.10 Å². The van der Waals surface area contributed by atoms with Crippen LogP contribution in [0.4, 0.5) is 4.39 Å². The van der Waals surface area contributed by atoms with Crippen LogP contribution in [0.5, 0.6) is 0 Å². The lowest BCUT2D eigenvalue weighted by molar-refractivity contribution is 0.424. The number of aromatic nitrogens is 2. The Kier molecular flexibility index (Phi) is 3.26. The van der Waals surface area contributed by atoms with Crippen molar-refractivity contribution >= 4 is 12.6 Å². The first-order chi connectivity index (χ1) is 8.06. The van der Waals surface area contributed by atoms with Crippen molar-refractivity contribution < 1.29 is 14.4 Å². The smallest absolute Gasteiger partial charge is 0.423 e. The highest BCUT2D eigenvalue weighted by molar-refractivity contribution is 6.59. The second-order valence-electron chi connectivity index (χ2n) is 3.87. The highest BCUT2D eigenvalue weighted by atomic mass is 19.1. The van der Waals surface area contributed by atoms with Gasteiger partial charge in [-0.05, 0) is 36.1 Å². The van der Waals surface area contributed by atoms with Gasteiger partial charge in [0.05, 0.1) is 12.2 Å². The fourth-order valence-electron chi connectivity index (χ4n) is 1.68. The highest BCUT2D eigenvalue weighted by Crippen LogP contribution is 2.04. The van der Waals surface area contributed by atoms with Crippen molar-refractivity contribution in [2.45, 2.75) is 13.5 Å². The third-order valence-corrected chi connectivity index (χ3v) is 2.49. The van der Waals surface area contributed by atoms with Crippen molar-refractivity contribution in [1.29, 1.82) is 0 Å². The first-order valence-corrected chi connectivity index (χ1v) is 5.21. The van der Waals surface area contributed by atoms with Crippen molar-refractivity contribution in [3.05, 3.63) is 47.5 Å². The summed E-state index contributed by atoms with van der Waals surface area (Å²) in [5.74, 6) is -0.492. The first kappa shape index (κ1) is 11.8.